The van der Waals surface area contributed by atoms with E-state index in [1.165, 1.54) is 23.3 Å². The predicted molar refractivity (Wildman–Crippen MR) is 110 cm³/mol. The first-order valence-corrected chi connectivity index (χ1v) is 9.45. The van der Waals surface area contributed by atoms with E-state index in [-0.39, 0.29) is 34.8 Å². The lowest BCUT2D eigenvalue weighted by atomic mass is 9.88. The van der Waals surface area contributed by atoms with Crippen molar-refractivity contribution in [3.05, 3.63) is 82.9 Å². The van der Waals surface area contributed by atoms with Gasteiger partial charge in [0.25, 0.3) is 0 Å². The Bertz CT molecular complexity index is 890. The fourth-order valence-electron chi connectivity index (χ4n) is 3.51. The van der Waals surface area contributed by atoms with Gasteiger partial charge >= 0.3 is 0 Å². The van der Waals surface area contributed by atoms with Crippen molar-refractivity contribution in [3.63, 3.8) is 0 Å². The van der Waals surface area contributed by atoms with Crippen molar-refractivity contribution in [2.24, 2.45) is 0 Å². The van der Waals surface area contributed by atoms with Crippen LogP contribution in [-0.2, 0) is 12.8 Å². The Labute approximate surface area is 165 Å². The van der Waals surface area contributed by atoms with Crippen LogP contribution in [0.4, 0.5) is 0 Å². The molecule has 2 unspecified atom stereocenters. The lowest BCUT2D eigenvalue weighted by Crippen LogP contribution is -2.02. The van der Waals surface area contributed by atoms with E-state index in [0.29, 0.717) is 0 Å². The third-order valence-electron chi connectivity index (χ3n) is 5.21. The molecule has 0 saturated heterocycles. The molecule has 3 rings (SSSR count). The van der Waals surface area contributed by atoms with E-state index < -0.39 is 0 Å². The van der Waals surface area contributed by atoms with Crippen LogP contribution in [0.15, 0.2) is 60.7 Å². The second-order valence-corrected chi connectivity index (χ2v) is 7.53. The Morgan fingerprint density at radius 2 is 1.00 bits per heavy atom. The number of phenolic OH excluding ortho intramolecular Hbond substituents is 4. The molecule has 0 radical (unpaired) electrons. The number of benzene rings is 3. The van der Waals surface area contributed by atoms with Gasteiger partial charge < -0.3 is 20.4 Å². The standard InChI is InChI=1S/C24H26O4/c1-15(10-17-6-8-21(25)23(27)12-17)19-4-3-5-20(14-19)16(2)11-18-7-9-22(26)24(28)13-18/h3-9,12-16,25-28H,10-11H2,1-2H3. The van der Waals surface area contributed by atoms with E-state index in [1.807, 2.05) is 12.1 Å². The van der Waals surface area contributed by atoms with Crippen LogP contribution in [0.5, 0.6) is 23.0 Å². The van der Waals surface area contributed by atoms with Crippen LogP contribution in [0, 0.1) is 0 Å². The van der Waals surface area contributed by atoms with Gasteiger partial charge in [0.2, 0.25) is 0 Å². The molecular weight excluding hydrogens is 352 g/mol. The van der Waals surface area contributed by atoms with Crippen molar-refractivity contribution >= 4 is 0 Å². The molecule has 0 spiro atoms. The molecule has 146 valence electrons. The number of aromatic hydroxyl groups is 4. The van der Waals surface area contributed by atoms with Crippen molar-refractivity contribution in [3.8, 4) is 23.0 Å². The van der Waals surface area contributed by atoms with Gasteiger partial charge in [-0.05, 0) is 71.2 Å². The highest BCUT2D eigenvalue weighted by Gasteiger charge is 2.13. The molecule has 0 aliphatic rings. The molecule has 4 nitrogen and oxygen atoms in total. The van der Waals surface area contributed by atoms with Gasteiger partial charge in [-0.15, -0.1) is 0 Å². The molecular formula is C24H26O4. The summed E-state index contributed by atoms with van der Waals surface area (Å²) in [5.74, 6) is 0.121. The topological polar surface area (TPSA) is 80.9 Å². The van der Waals surface area contributed by atoms with Crippen LogP contribution in [0.3, 0.4) is 0 Å². The fraction of sp³-hybridized carbons (Fsp3) is 0.250. The Morgan fingerprint density at radius 3 is 1.39 bits per heavy atom. The summed E-state index contributed by atoms with van der Waals surface area (Å²) in [7, 11) is 0. The molecule has 0 bridgehead atoms. The smallest absolute Gasteiger partial charge is 0.157 e. The van der Waals surface area contributed by atoms with Gasteiger partial charge in [-0.2, -0.15) is 0 Å². The van der Waals surface area contributed by atoms with E-state index in [4.69, 9.17) is 0 Å². The van der Waals surface area contributed by atoms with Crippen LogP contribution < -0.4 is 0 Å². The quantitative estimate of drug-likeness (QED) is 0.444. The minimum atomic E-state index is -0.104. The SMILES string of the molecule is CC(Cc1ccc(O)c(O)c1)c1cccc(C(C)Cc2ccc(O)c(O)c2)c1. The second-order valence-electron chi connectivity index (χ2n) is 7.53. The highest BCUT2D eigenvalue weighted by atomic mass is 16.3. The van der Waals surface area contributed by atoms with Crippen LogP contribution in [0.25, 0.3) is 0 Å². The average molecular weight is 378 g/mol. The summed E-state index contributed by atoms with van der Waals surface area (Å²) in [4.78, 5) is 0. The molecule has 0 amide bonds. The Morgan fingerprint density at radius 1 is 0.571 bits per heavy atom. The van der Waals surface area contributed by atoms with Crippen molar-refractivity contribution in [1.29, 1.82) is 0 Å². The summed E-state index contributed by atoms with van der Waals surface area (Å²) < 4.78 is 0. The van der Waals surface area contributed by atoms with Crippen molar-refractivity contribution in [1.82, 2.24) is 0 Å². The van der Waals surface area contributed by atoms with Gasteiger partial charge in [0, 0.05) is 0 Å². The Hall–Kier alpha value is -3.14. The first-order valence-electron chi connectivity index (χ1n) is 9.45. The van der Waals surface area contributed by atoms with Gasteiger partial charge in [-0.25, -0.2) is 0 Å². The van der Waals surface area contributed by atoms with E-state index in [1.54, 1.807) is 12.1 Å². The maximum Gasteiger partial charge on any atom is 0.157 e. The lowest BCUT2D eigenvalue weighted by molar-refractivity contribution is 0.403. The van der Waals surface area contributed by atoms with Crippen LogP contribution >= 0.6 is 0 Å². The van der Waals surface area contributed by atoms with Crippen LogP contribution in [0.2, 0.25) is 0 Å². The normalized spacial score (nSPS) is 13.2. The van der Waals surface area contributed by atoms with Crippen LogP contribution in [0.1, 0.15) is 47.9 Å². The Balaban J connectivity index is 1.73. The van der Waals surface area contributed by atoms with E-state index in [0.717, 1.165) is 24.0 Å². The number of rotatable bonds is 6. The molecule has 4 N–H and O–H groups in total. The summed E-state index contributed by atoms with van der Waals surface area (Å²) in [5, 5.41) is 38.3. The zero-order chi connectivity index (χ0) is 20.3. The van der Waals surface area contributed by atoms with E-state index >= 15 is 0 Å². The first-order chi connectivity index (χ1) is 13.3. The molecule has 0 fully saturated rings. The number of phenols is 4. The summed E-state index contributed by atoms with van der Waals surface area (Å²) >= 11 is 0. The second kappa shape index (κ2) is 8.26. The molecule has 3 aromatic rings. The summed E-state index contributed by atoms with van der Waals surface area (Å²) in [6, 6.07) is 18.4. The van der Waals surface area contributed by atoms with Gasteiger partial charge in [-0.3, -0.25) is 0 Å². The molecule has 0 aliphatic carbocycles. The fourth-order valence-corrected chi connectivity index (χ4v) is 3.51. The largest absolute Gasteiger partial charge is 0.504 e. The molecule has 0 saturated carbocycles. The van der Waals surface area contributed by atoms with E-state index in [9.17, 15) is 20.4 Å². The zero-order valence-corrected chi connectivity index (χ0v) is 16.1. The average Bonchev–Trinajstić information content (AvgIpc) is 2.67. The van der Waals surface area contributed by atoms with Crippen molar-refractivity contribution < 1.29 is 20.4 Å². The summed E-state index contributed by atoms with van der Waals surface area (Å²) in [6.45, 7) is 4.29. The minimum Gasteiger partial charge on any atom is -0.504 e. The highest BCUT2D eigenvalue weighted by molar-refractivity contribution is 5.42. The monoisotopic (exact) mass is 378 g/mol. The summed E-state index contributed by atoms with van der Waals surface area (Å²) in [5.41, 5.74) is 4.37. The van der Waals surface area contributed by atoms with Crippen LogP contribution in [-0.4, -0.2) is 20.4 Å². The molecule has 4 heteroatoms. The third kappa shape index (κ3) is 4.58. The van der Waals surface area contributed by atoms with Crippen molar-refractivity contribution in [2.75, 3.05) is 0 Å². The minimum absolute atomic E-state index is 0.0933. The predicted octanol–water partition coefficient (Wildman–Crippen LogP) is 5.20. The van der Waals surface area contributed by atoms with Crippen molar-refractivity contribution in [2.45, 2.75) is 38.5 Å². The third-order valence-corrected chi connectivity index (χ3v) is 5.21. The van der Waals surface area contributed by atoms with Gasteiger partial charge in [-0.1, -0.05) is 50.2 Å². The maximum absolute atomic E-state index is 9.69. The summed E-state index contributed by atoms with van der Waals surface area (Å²) in [6.07, 6.45) is 1.52. The zero-order valence-electron chi connectivity index (χ0n) is 16.1. The lowest BCUT2D eigenvalue weighted by Gasteiger charge is -2.17. The molecule has 2 atom stereocenters. The Kier molecular flexibility index (Phi) is 5.78. The maximum atomic E-state index is 9.69. The molecule has 0 aliphatic heterocycles. The molecule has 28 heavy (non-hydrogen) atoms. The number of hydrogen-bond acceptors (Lipinski definition) is 4. The van der Waals surface area contributed by atoms with Gasteiger partial charge in [0.15, 0.2) is 23.0 Å². The number of hydrogen-bond donors (Lipinski definition) is 4. The first kappa shape index (κ1) is 19.6. The molecule has 3 aromatic carbocycles. The molecule has 0 heterocycles. The van der Waals surface area contributed by atoms with E-state index in [2.05, 4.69) is 38.1 Å². The highest BCUT2D eigenvalue weighted by Crippen LogP contribution is 2.31. The van der Waals surface area contributed by atoms with Gasteiger partial charge in [0.05, 0.1) is 0 Å². The molecule has 0 aromatic heterocycles. The van der Waals surface area contributed by atoms with Gasteiger partial charge in [0.1, 0.15) is 0 Å².